The van der Waals surface area contributed by atoms with Crippen LogP contribution in [0, 0.1) is 12.7 Å². The van der Waals surface area contributed by atoms with Crippen molar-refractivity contribution in [3.63, 3.8) is 0 Å². The molecule has 0 unspecified atom stereocenters. The highest BCUT2D eigenvalue weighted by molar-refractivity contribution is 8.21. The molecular formula is C6H5ClFNS. The van der Waals surface area contributed by atoms with Crippen LogP contribution in [-0.2, 0) is 0 Å². The summed E-state index contributed by atoms with van der Waals surface area (Å²) in [5.41, 5.74) is 0.380. The topological polar surface area (TPSA) is 12.9 Å². The second kappa shape index (κ2) is 3.21. The second-order valence-corrected chi connectivity index (χ2v) is 2.83. The van der Waals surface area contributed by atoms with E-state index in [0.717, 1.165) is 11.0 Å². The zero-order chi connectivity index (χ0) is 7.56. The molecule has 0 amide bonds. The Morgan fingerprint density at radius 2 is 2.30 bits per heavy atom. The van der Waals surface area contributed by atoms with Crippen molar-refractivity contribution in [1.29, 1.82) is 0 Å². The van der Waals surface area contributed by atoms with Crippen LogP contribution in [0.1, 0.15) is 5.69 Å². The van der Waals surface area contributed by atoms with Crippen LogP contribution >= 0.6 is 21.7 Å². The highest BCUT2D eigenvalue weighted by Gasteiger charge is 1.98. The number of halogens is 2. The number of rotatable bonds is 1. The van der Waals surface area contributed by atoms with Crippen LogP contribution in [0.5, 0.6) is 0 Å². The minimum Gasteiger partial charge on any atom is -0.243 e. The predicted molar refractivity (Wildman–Crippen MR) is 40.6 cm³/mol. The van der Waals surface area contributed by atoms with Crippen molar-refractivity contribution in [2.45, 2.75) is 11.9 Å². The fourth-order valence-corrected chi connectivity index (χ4v) is 1.11. The van der Waals surface area contributed by atoms with Crippen LogP contribution in [-0.4, -0.2) is 4.98 Å². The van der Waals surface area contributed by atoms with Crippen molar-refractivity contribution in [3.8, 4) is 0 Å². The van der Waals surface area contributed by atoms with E-state index in [2.05, 4.69) is 4.98 Å². The first-order chi connectivity index (χ1) is 4.74. The molecule has 0 aliphatic heterocycles. The zero-order valence-electron chi connectivity index (χ0n) is 5.27. The molecule has 0 N–H and O–H groups in total. The molecule has 1 aromatic rings. The first kappa shape index (κ1) is 7.82. The summed E-state index contributed by atoms with van der Waals surface area (Å²) < 4.78 is 12.5. The second-order valence-electron chi connectivity index (χ2n) is 1.79. The fraction of sp³-hybridized carbons (Fsp3) is 0.167. The maximum absolute atomic E-state index is 12.5. The molecule has 0 bridgehead atoms. The Kier molecular flexibility index (Phi) is 2.51. The van der Waals surface area contributed by atoms with Gasteiger partial charge in [-0.15, -0.1) is 0 Å². The monoisotopic (exact) mass is 177 g/mol. The molecule has 0 spiro atoms. The van der Waals surface area contributed by atoms with Crippen LogP contribution in [0.15, 0.2) is 17.2 Å². The lowest BCUT2D eigenvalue weighted by Gasteiger charge is -1.95. The molecule has 10 heavy (non-hydrogen) atoms. The van der Waals surface area contributed by atoms with E-state index in [9.17, 15) is 4.39 Å². The molecule has 1 heterocycles. The Labute approximate surface area is 67.1 Å². The van der Waals surface area contributed by atoms with Gasteiger partial charge in [0.05, 0.1) is 5.69 Å². The molecule has 0 aliphatic rings. The van der Waals surface area contributed by atoms with E-state index < -0.39 is 0 Å². The third kappa shape index (κ3) is 1.61. The lowest BCUT2D eigenvalue weighted by Crippen LogP contribution is -1.87. The van der Waals surface area contributed by atoms with Crippen LogP contribution in [0.25, 0.3) is 0 Å². The van der Waals surface area contributed by atoms with Crippen molar-refractivity contribution in [1.82, 2.24) is 4.98 Å². The van der Waals surface area contributed by atoms with Gasteiger partial charge in [-0.2, -0.15) is 0 Å². The van der Waals surface area contributed by atoms with E-state index in [-0.39, 0.29) is 5.82 Å². The summed E-state index contributed by atoms with van der Waals surface area (Å²) in [4.78, 5) is 3.85. The van der Waals surface area contributed by atoms with Gasteiger partial charge in [-0.3, -0.25) is 0 Å². The van der Waals surface area contributed by atoms with Gasteiger partial charge in [0, 0.05) is 11.0 Å². The number of hydrogen-bond donors (Lipinski definition) is 0. The maximum atomic E-state index is 12.5. The quantitative estimate of drug-likeness (QED) is 0.654. The molecule has 0 aliphatic carbocycles. The number of aryl methyl sites for hydroxylation is 1. The molecule has 0 saturated heterocycles. The van der Waals surface area contributed by atoms with Crippen LogP contribution in [0.2, 0.25) is 0 Å². The third-order valence-corrected chi connectivity index (χ3v) is 1.93. The highest BCUT2D eigenvalue weighted by atomic mass is 35.7. The number of hydrogen-bond acceptors (Lipinski definition) is 2. The molecule has 1 aromatic heterocycles. The summed E-state index contributed by atoms with van der Waals surface area (Å²) in [6, 6.07) is 2.90. The van der Waals surface area contributed by atoms with Crippen molar-refractivity contribution < 1.29 is 4.39 Å². The maximum Gasteiger partial charge on any atom is 0.144 e. The molecule has 0 atom stereocenters. The molecule has 0 saturated carbocycles. The summed E-state index contributed by atoms with van der Waals surface area (Å²) in [5.74, 6) is -0.297. The lowest BCUT2D eigenvalue weighted by atomic mass is 10.4. The van der Waals surface area contributed by atoms with Crippen LogP contribution < -0.4 is 0 Å². The van der Waals surface area contributed by atoms with E-state index in [0.29, 0.717) is 10.7 Å². The minimum atomic E-state index is -0.297. The Morgan fingerprint density at radius 1 is 1.60 bits per heavy atom. The van der Waals surface area contributed by atoms with Gasteiger partial charge in [0.1, 0.15) is 10.8 Å². The molecule has 4 heteroatoms. The molecule has 0 fully saturated rings. The summed E-state index contributed by atoms with van der Waals surface area (Å²) in [7, 11) is 6.37. The van der Waals surface area contributed by atoms with E-state index in [1.165, 1.54) is 6.07 Å². The average Bonchev–Trinajstić information content (AvgIpc) is 1.95. The minimum absolute atomic E-state index is 0.297. The normalized spacial score (nSPS) is 9.90. The van der Waals surface area contributed by atoms with Gasteiger partial charge in [-0.1, -0.05) is 0 Å². The SMILES string of the molecule is Cc1nc(SCl)ccc1F. The molecule has 54 valence electrons. The molecule has 1 nitrogen and oxygen atoms in total. The molecule has 0 radical (unpaired) electrons. The Hall–Kier alpha value is -0.280. The van der Waals surface area contributed by atoms with E-state index in [1.807, 2.05) is 0 Å². The van der Waals surface area contributed by atoms with Crippen molar-refractivity contribution in [3.05, 3.63) is 23.6 Å². The fourth-order valence-electron chi connectivity index (χ4n) is 0.564. The largest absolute Gasteiger partial charge is 0.243 e. The van der Waals surface area contributed by atoms with Gasteiger partial charge >= 0.3 is 0 Å². The van der Waals surface area contributed by atoms with E-state index >= 15 is 0 Å². The van der Waals surface area contributed by atoms with Gasteiger partial charge in [-0.05, 0) is 29.7 Å². The number of pyridine rings is 1. The Bertz CT molecular complexity index is 241. The van der Waals surface area contributed by atoms with Crippen LogP contribution in [0.3, 0.4) is 0 Å². The van der Waals surface area contributed by atoms with Gasteiger partial charge in [0.15, 0.2) is 0 Å². The predicted octanol–water partition coefficient (Wildman–Crippen LogP) is 2.78. The molecular weight excluding hydrogens is 173 g/mol. The number of aromatic nitrogens is 1. The summed E-state index contributed by atoms with van der Waals surface area (Å²) >= 11 is 0. The van der Waals surface area contributed by atoms with E-state index in [1.54, 1.807) is 13.0 Å². The van der Waals surface area contributed by atoms with Crippen molar-refractivity contribution >= 4 is 21.7 Å². The van der Waals surface area contributed by atoms with Gasteiger partial charge in [-0.25, -0.2) is 9.37 Å². The third-order valence-electron chi connectivity index (χ3n) is 1.07. The number of nitrogens with zero attached hydrogens (tertiary/aromatic N) is 1. The standard InChI is InChI=1S/C6H5ClFNS/c1-4-5(8)2-3-6(9-4)10-7/h2-3H,1H3. The zero-order valence-corrected chi connectivity index (χ0v) is 6.84. The summed E-state index contributed by atoms with van der Waals surface area (Å²) in [5, 5.41) is 0.626. The molecule has 0 aromatic carbocycles. The highest BCUT2D eigenvalue weighted by Crippen LogP contribution is 2.19. The van der Waals surface area contributed by atoms with Crippen molar-refractivity contribution in [2.75, 3.05) is 0 Å². The van der Waals surface area contributed by atoms with Crippen LogP contribution in [0.4, 0.5) is 4.39 Å². The van der Waals surface area contributed by atoms with Gasteiger partial charge in [0.25, 0.3) is 0 Å². The summed E-state index contributed by atoms with van der Waals surface area (Å²) in [6.45, 7) is 1.60. The summed E-state index contributed by atoms with van der Waals surface area (Å²) in [6.07, 6.45) is 0. The molecule has 1 rings (SSSR count). The smallest absolute Gasteiger partial charge is 0.144 e. The first-order valence-corrected chi connectivity index (χ1v) is 4.30. The Balaban J connectivity index is 3.04. The van der Waals surface area contributed by atoms with Crippen molar-refractivity contribution in [2.24, 2.45) is 0 Å². The van der Waals surface area contributed by atoms with Gasteiger partial charge < -0.3 is 0 Å². The first-order valence-electron chi connectivity index (χ1n) is 2.66. The Morgan fingerprint density at radius 3 is 2.80 bits per heavy atom. The lowest BCUT2D eigenvalue weighted by molar-refractivity contribution is 0.605. The average molecular weight is 178 g/mol. The van der Waals surface area contributed by atoms with Gasteiger partial charge in [0.2, 0.25) is 0 Å². The van der Waals surface area contributed by atoms with E-state index in [4.69, 9.17) is 10.7 Å².